The molecule has 33 heavy (non-hydrogen) atoms. The molecule has 0 spiro atoms. The van der Waals surface area contributed by atoms with Gasteiger partial charge >= 0.3 is 0 Å². The van der Waals surface area contributed by atoms with E-state index in [9.17, 15) is 9.59 Å². The minimum atomic E-state index is -0.594. The molecule has 0 unspecified atom stereocenters. The van der Waals surface area contributed by atoms with Crippen LogP contribution in [0.4, 0.5) is 0 Å². The lowest BCUT2D eigenvalue weighted by molar-refractivity contribution is -0.143. The molecule has 0 N–H and O–H groups in total. The van der Waals surface area contributed by atoms with E-state index in [1.807, 2.05) is 59.5 Å². The third-order valence-corrected chi connectivity index (χ3v) is 6.93. The minimum Gasteiger partial charge on any atom is -0.497 e. The van der Waals surface area contributed by atoms with Crippen LogP contribution in [0.1, 0.15) is 31.2 Å². The van der Waals surface area contributed by atoms with Crippen molar-refractivity contribution in [3.63, 3.8) is 0 Å². The first-order valence-corrected chi connectivity index (χ1v) is 11.6. The normalized spacial score (nSPS) is 18.5. The number of hydrogen-bond donors (Lipinski definition) is 0. The summed E-state index contributed by atoms with van der Waals surface area (Å²) in [5.74, 6) is 1.72. The zero-order valence-electron chi connectivity index (χ0n) is 19.2. The fourth-order valence-electron chi connectivity index (χ4n) is 4.95. The van der Waals surface area contributed by atoms with Crippen LogP contribution in [0.5, 0.6) is 11.5 Å². The van der Waals surface area contributed by atoms with Crippen LogP contribution in [-0.2, 0) is 15.0 Å². The van der Waals surface area contributed by atoms with E-state index >= 15 is 0 Å². The first-order valence-electron chi connectivity index (χ1n) is 11.6. The molecule has 0 aliphatic carbocycles. The Hall–Kier alpha value is -3.28. The molecule has 0 saturated carbocycles. The maximum Gasteiger partial charge on any atom is 0.245 e. The molecule has 6 heteroatoms. The predicted molar refractivity (Wildman–Crippen MR) is 127 cm³/mol. The monoisotopic (exact) mass is 448 g/mol. The van der Waals surface area contributed by atoms with Gasteiger partial charge in [-0.05, 0) is 48.7 Å². The summed E-state index contributed by atoms with van der Waals surface area (Å²) >= 11 is 0. The molecule has 2 aromatic rings. The molecule has 2 aliphatic heterocycles. The van der Waals surface area contributed by atoms with Crippen LogP contribution in [0.15, 0.2) is 67.3 Å². The molecular formula is C27H32N2O4. The van der Waals surface area contributed by atoms with Gasteiger partial charge in [-0.2, -0.15) is 0 Å². The third kappa shape index (κ3) is 4.90. The van der Waals surface area contributed by atoms with Gasteiger partial charge in [0.25, 0.3) is 0 Å². The number of benzene rings is 2. The van der Waals surface area contributed by atoms with E-state index in [4.69, 9.17) is 9.47 Å². The van der Waals surface area contributed by atoms with Crippen molar-refractivity contribution in [3.05, 3.63) is 72.8 Å². The van der Waals surface area contributed by atoms with E-state index in [1.54, 1.807) is 12.0 Å². The van der Waals surface area contributed by atoms with Crippen LogP contribution in [0.3, 0.4) is 0 Å². The number of methoxy groups -OCH3 is 1. The summed E-state index contributed by atoms with van der Waals surface area (Å²) in [6.07, 6.45) is 4.27. The van der Waals surface area contributed by atoms with Crippen LogP contribution in [-0.4, -0.2) is 61.0 Å². The fraction of sp³-hybridized carbons (Fsp3) is 0.407. The SMILES string of the molecule is C=CC(=O)N1CCC(C(=O)N2CCC(Oc3ccc(OC)cc3)CC2)(c2ccccc2)CC1. The Kier molecular flexibility index (Phi) is 7.02. The highest BCUT2D eigenvalue weighted by atomic mass is 16.5. The van der Waals surface area contributed by atoms with Crippen molar-refractivity contribution in [2.24, 2.45) is 0 Å². The Morgan fingerprint density at radius 3 is 2.09 bits per heavy atom. The van der Waals surface area contributed by atoms with Gasteiger partial charge in [0.05, 0.1) is 12.5 Å². The number of carbonyl (C=O) groups excluding carboxylic acids is 2. The number of nitrogens with zero attached hydrogens (tertiary/aromatic N) is 2. The first-order chi connectivity index (χ1) is 16.1. The van der Waals surface area contributed by atoms with Gasteiger partial charge in [0.2, 0.25) is 11.8 Å². The highest BCUT2D eigenvalue weighted by molar-refractivity contribution is 5.90. The number of carbonyl (C=O) groups is 2. The maximum atomic E-state index is 13.9. The third-order valence-electron chi connectivity index (χ3n) is 6.93. The molecule has 0 atom stereocenters. The maximum absolute atomic E-state index is 13.9. The van der Waals surface area contributed by atoms with Crippen molar-refractivity contribution in [2.45, 2.75) is 37.2 Å². The van der Waals surface area contributed by atoms with Crippen molar-refractivity contribution in [3.8, 4) is 11.5 Å². The van der Waals surface area contributed by atoms with Crippen LogP contribution in [0, 0.1) is 0 Å². The summed E-state index contributed by atoms with van der Waals surface area (Å²) in [6.45, 7) is 6.06. The Morgan fingerprint density at radius 2 is 1.52 bits per heavy atom. The zero-order valence-corrected chi connectivity index (χ0v) is 19.2. The van der Waals surface area contributed by atoms with Gasteiger partial charge in [-0.25, -0.2) is 0 Å². The van der Waals surface area contributed by atoms with Gasteiger partial charge in [0.15, 0.2) is 0 Å². The van der Waals surface area contributed by atoms with Gasteiger partial charge in [0, 0.05) is 39.0 Å². The zero-order chi connectivity index (χ0) is 23.3. The summed E-state index contributed by atoms with van der Waals surface area (Å²) in [5.41, 5.74) is 0.445. The van der Waals surface area contributed by atoms with E-state index in [0.29, 0.717) is 39.0 Å². The standard InChI is InChI=1S/C27H32N2O4/c1-3-25(30)28-19-15-27(16-20-28,21-7-5-4-6-8-21)26(31)29-17-13-24(14-18-29)33-23-11-9-22(32-2)10-12-23/h3-12,24H,1,13-20H2,2H3. The van der Waals surface area contributed by atoms with E-state index in [-0.39, 0.29) is 17.9 Å². The largest absolute Gasteiger partial charge is 0.497 e. The van der Waals surface area contributed by atoms with Crippen molar-refractivity contribution >= 4 is 11.8 Å². The highest BCUT2D eigenvalue weighted by Gasteiger charge is 2.46. The Morgan fingerprint density at radius 1 is 0.909 bits per heavy atom. The van der Waals surface area contributed by atoms with Crippen LogP contribution in [0.25, 0.3) is 0 Å². The second-order valence-corrected chi connectivity index (χ2v) is 8.76. The average molecular weight is 449 g/mol. The van der Waals surface area contributed by atoms with E-state index in [2.05, 4.69) is 6.58 Å². The van der Waals surface area contributed by atoms with Crippen molar-refractivity contribution in [1.29, 1.82) is 0 Å². The van der Waals surface area contributed by atoms with Gasteiger partial charge in [-0.3, -0.25) is 9.59 Å². The lowest BCUT2D eigenvalue weighted by Gasteiger charge is -2.44. The molecule has 6 nitrogen and oxygen atoms in total. The van der Waals surface area contributed by atoms with E-state index in [0.717, 1.165) is 29.9 Å². The van der Waals surface area contributed by atoms with Crippen molar-refractivity contribution < 1.29 is 19.1 Å². The number of ether oxygens (including phenoxy) is 2. The molecule has 0 radical (unpaired) electrons. The van der Waals surface area contributed by atoms with E-state index in [1.165, 1.54) is 6.08 Å². The minimum absolute atomic E-state index is 0.0689. The van der Waals surface area contributed by atoms with Gasteiger partial charge in [-0.1, -0.05) is 36.9 Å². The quantitative estimate of drug-likeness (QED) is 0.631. The van der Waals surface area contributed by atoms with Crippen LogP contribution < -0.4 is 9.47 Å². The molecule has 2 aliphatic rings. The van der Waals surface area contributed by atoms with E-state index < -0.39 is 5.41 Å². The Balaban J connectivity index is 1.43. The molecule has 2 aromatic carbocycles. The molecule has 0 aromatic heterocycles. The summed E-state index contributed by atoms with van der Waals surface area (Å²) in [6, 6.07) is 17.6. The molecule has 2 fully saturated rings. The van der Waals surface area contributed by atoms with Gasteiger partial charge in [-0.15, -0.1) is 0 Å². The molecule has 2 saturated heterocycles. The fourth-order valence-corrected chi connectivity index (χ4v) is 4.95. The molecule has 2 amide bonds. The summed E-state index contributed by atoms with van der Waals surface area (Å²) in [4.78, 5) is 29.8. The second kappa shape index (κ2) is 10.1. The van der Waals surface area contributed by atoms with Crippen molar-refractivity contribution in [1.82, 2.24) is 9.80 Å². The number of amides is 2. The van der Waals surface area contributed by atoms with Crippen molar-refractivity contribution in [2.75, 3.05) is 33.3 Å². The topological polar surface area (TPSA) is 59.1 Å². The number of hydrogen-bond acceptors (Lipinski definition) is 4. The summed E-state index contributed by atoms with van der Waals surface area (Å²) < 4.78 is 11.3. The summed E-state index contributed by atoms with van der Waals surface area (Å²) in [5, 5.41) is 0. The Bertz CT molecular complexity index is 957. The van der Waals surface area contributed by atoms with Gasteiger partial charge in [0.1, 0.15) is 17.6 Å². The smallest absolute Gasteiger partial charge is 0.245 e. The van der Waals surface area contributed by atoms with Crippen LogP contribution in [0.2, 0.25) is 0 Å². The average Bonchev–Trinajstić information content (AvgIpc) is 2.89. The number of piperidine rings is 2. The molecule has 2 heterocycles. The van der Waals surface area contributed by atoms with Gasteiger partial charge < -0.3 is 19.3 Å². The molecule has 174 valence electrons. The van der Waals surface area contributed by atoms with Crippen LogP contribution >= 0.6 is 0 Å². The predicted octanol–water partition coefficient (Wildman–Crippen LogP) is 3.81. The Labute approximate surface area is 195 Å². The lowest BCUT2D eigenvalue weighted by Crippen LogP contribution is -2.55. The number of rotatable bonds is 6. The molecule has 4 rings (SSSR count). The number of likely N-dealkylation sites (tertiary alicyclic amines) is 2. The lowest BCUT2D eigenvalue weighted by atomic mass is 9.71. The highest BCUT2D eigenvalue weighted by Crippen LogP contribution is 2.38. The first kappa shape index (κ1) is 22.9. The summed E-state index contributed by atoms with van der Waals surface area (Å²) in [7, 11) is 1.64. The molecule has 0 bridgehead atoms. The second-order valence-electron chi connectivity index (χ2n) is 8.76. The molecular weight excluding hydrogens is 416 g/mol.